The highest BCUT2D eigenvalue weighted by Gasteiger charge is 2.31. The van der Waals surface area contributed by atoms with Gasteiger partial charge in [0, 0.05) is 16.3 Å². The summed E-state index contributed by atoms with van der Waals surface area (Å²) >= 11 is 13.2. The number of hydrogen-bond acceptors (Lipinski definition) is 5. The molecular formula is C18H16Cl2N2O3S. The fourth-order valence-electron chi connectivity index (χ4n) is 2.66. The number of fused-ring (bicyclic) bond motifs is 1. The van der Waals surface area contributed by atoms with Crippen molar-refractivity contribution in [3.63, 3.8) is 0 Å². The fourth-order valence-corrected chi connectivity index (χ4v) is 4.22. The van der Waals surface area contributed by atoms with E-state index in [0.717, 1.165) is 10.4 Å². The maximum atomic E-state index is 12.2. The Bertz CT molecular complexity index is 903. The van der Waals surface area contributed by atoms with Crippen molar-refractivity contribution in [2.75, 3.05) is 11.9 Å². The van der Waals surface area contributed by atoms with Crippen LogP contribution in [0, 0.1) is 11.3 Å². The Hall–Kier alpha value is -1.78. The predicted molar refractivity (Wildman–Crippen MR) is 102 cm³/mol. The largest absolute Gasteiger partial charge is 0.482 e. The summed E-state index contributed by atoms with van der Waals surface area (Å²) in [6.45, 7) is 4.18. The molecule has 136 valence electrons. The standard InChI is InChI=1S/C18H16Cl2N2O3S/c1-18(2)6-11-12(7-21)17(26-15(11)8-25-18)22-16(23)9-24-14-4-3-10(19)5-13(14)20/h3-5H,6,8-9H2,1-2H3,(H,22,23). The zero-order valence-electron chi connectivity index (χ0n) is 14.2. The summed E-state index contributed by atoms with van der Waals surface area (Å²) in [4.78, 5) is 13.2. The van der Waals surface area contributed by atoms with Crippen molar-refractivity contribution in [2.24, 2.45) is 0 Å². The van der Waals surface area contributed by atoms with Crippen LogP contribution in [0.3, 0.4) is 0 Å². The quantitative estimate of drug-likeness (QED) is 0.785. The number of ether oxygens (including phenoxy) is 2. The molecule has 8 heteroatoms. The van der Waals surface area contributed by atoms with Crippen molar-refractivity contribution < 1.29 is 14.3 Å². The Kier molecular flexibility index (Phi) is 5.44. The average Bonchev–Trinajstić information content (AvgIpc) is 2.89. The highest BCUT2D eigenvalue weighted by Crippen LogP contribution is 2.40. The summed E-state index contributed by atoms with van der Waals surface area (Å²) in [6, 6.07) is 6.97. The van der Waals surface area contributed by atoms with Gasteiger partial charge in [-0.25, -0.2) is 0 Å². The molecule has 0 saturated carbocycles. The zero-order valence-corrected chi connectivity index (χ0v) is 16.5. The van der Waals surface area contributed by atoms with E-state index < -0.39 is 0 Å². The summed E-state index contributed by atoms with van der Waals surface area (Å²) in [6.07, 6.45) is 0.633. The first-order valence-electron chi connectivity index (χ1n) is 7.85. The third kappa shape index (κ3) is 4.13. The Morgan fingerprint density at radius 1 is 1.46 bits per heavy atom. The lowest BCUT2D eigenvalue weighted by atomic mass is 9.93. The molecule has 26 heavy (non-hydrogen) atoms. The molecule has 3 rings (SSSR count). The first kappa shape index (κ1) is 19.0. The molecule has 5 nitrogen and oxygen atoms in total. The van der Waals surface area contributed by atoms with Crippen LogP contribution >= 0.6 is 34.5 Å². The second-order valence-electron chi connectivity index (χ2n) is 6.46. The fraction of sp³-hybridized carbons (Fsp3) is 0.333. The molecule has 0 bridgehead atoms. The summed E-state index contributed by atoms with van der Waals surface area (Å²) < 4.78 is 11.2. The van der Waals surface area contributed by atoms with Gasteiger partial charge in [-0.05, 0) is 37.6 Å². The third-order valence-corrected chi connectivity index (χ3v) is 5.56. The number of nitriles is 1. The van der Waals surface area contributed by atoms with Crippen molar-refractivity contribution in [2.45, 2.75) is 32.5 Å². The highest BCUT2D eigenvalue weighted by atomic mass is 35.5. The van der Waals surface area contributed by atoms with Crippen LogP contribution in [0.1, 0.15) is 29.9 Å². The number of hydrogen-bond donors (Lipinski definition) is 1. The van der Waals surface area contributed by atoms with Crippen LogP contribution < -0.4 is 10.1 Å². The van der Waals surface area contributed by atoms with E-state index in [-0.39, 0.29) is 18.1 Å². The molecule has 1 aliphatic rings. The van der Waals surface area contributed by atoms with E-state index in [2.05, 4.69) is 11.4 Å². The number of carbonyl (C=O) groups excluding carboxylic acids is 1. The van der Waals surface area contributed by atoms with E-state index in [1.807, 2.05) is 13.8 Å². The Morgan fingerprint density at radius 3 is 2.92 bits per heavy atom. The van der Waals surface area contributed by atoms with Crippen LogP contribution in [0.2, 0.25) is 10.0 Å². The molecule has 2 aromatic rings. The number of thiophene rings is 1. The second-order valence-corrected chi connectivity index (χ2v) is 8.41. The molecule has 0 unspecified atom stereocenters. The minimum absolute atomic E-state index is 0.225. The van der Waals surface area contributed by atoms with Gasteiger partial charge in [0.25, 0.3) is 5.91 Å². The molecule has 2 heterocycles. The maximum Gasteiger partial charge on any atom is 0.262 e. The van der Waals surface area contributed by atoms with Crippen LogP contribution in [0.5, 0.6) is 5.75 Å². The molecule has 1 aromatic carbocycles. The van der Waals surface area contributed by atoms with Gasteiger partial charge in [-0.1, -0.05) is 23.2 Å². The van der Waals surface area contributed by atoms with Crippen molar-refractivity contribution >= 4 is 45.4 Å². The third-order valence-electron chi connectivity index (χ3n) is 3.90. The van der Waals surface area contributed by atoms with Gasteiger partial charge in [-0.15, -0.1) is 11.3 Å². The molecule has 1 aromatic heterocycles. The zero-order chi connectivity index (χ0) is 18.9. The highest BCUT2D eigenvalue weighted by molar-refractivity contribution is 7.16. The van der Waals surface area contributed by atoms with Gasteiger partial charge < -0.3 is 14.8 Å². The van der Waals surface area contributed by atoms with E-state index >= 15 is 0 Å². The number of nitrogens with one attached hydrogen (secondary N) is 1. The average molecular weight is 411 g/mol. The monoisotopic (exact) mass is 410 g/mol. The number of carbonyl (C=O) groups is 1. The number of anilines is 1. The molecule has 0 atom stereocenters. The summed E-state index contributed by atoms with van der Waals surface area (Å²) in [5.41, 5.74) is 1.13. The van der Waals surface area contributed by atoms with Crippen LogP contribution in [-0.2, 0) is 22.6 Å². The minimum Gasteiger partial charge on any atom is -0.482 e. The molecule has 1 amide bonds. The van der Waals surface area contributed by atoms with Crippen LogP contribution in [0.4, 0.5) is 5.00 Å². The van der Waals surface area contributed by atoms with Crippen molar-refractivity contribution in [1.29, 1.82) is 5.26 Å². The van der Waals surface area contributed by atoms with Gasteiger partial charge in [0.2, 0.25) is 0 Å². The molecule has 0 saturated heterocycles. The van der Waals surface area contributed by atoms with Crippen molar-refractivity contribution in [3.8, 4) is 11.8 Å². The topological polar surface area (TPSA) is 71.3 Å². The van der Waals surface area contributed by atoms with E-state index in [1.165, 1.54) is 11.3 Å². The Labute approximate surface area is 165 Å². The maximum absolute atomic E-state index is 12.2. The lowest BCUT2D eigenvalue weighted by molar-refractivity contribution is -0.118. The van der Waals surface area contributed by atoms with Gasteiger partial charge in [-0.2, -0.15) is 5.26 Å². The van der Waals surface area contributed by atoms with Crippen LogP contribution in [-0.4, -0.2) is 18.1 Å². The molecular weight excluding hydrogens is 395 g/mol. The van der Waals surface area contributed by atoms with E-state index in [9.17, 15) is 10.1 Å². The van der Waals surface area contributed by atoms with Gasteiger partial charge in [0.05, 0.1) is 22.8 Å². The molecule has 0 aliphatic carbocycles. The second kappa shape index (κ2) is 7.45. The smallest absolute Gasteiger partial charge is 0.262 e. The number of benzene rings is 1. The lowest BCUT2D eigenvalue weighted by Gasteiger charge is -2.29. The van der Waals surface area contributed by atoms with E-state index in [0.29, 0.717) is 39.4 Å². The molecule has 0 spiro atoms. The summed E-state index contributed by atoms with van der Waals surface area (Å²) in [7, 11) is 0. The van der Waals surface area contributed by atoms with Crippen molar-refractivity contribution in [3.05, 3.63) is 44.2 Å². The number of nitrogens with zero attached hydrogens (tertiary/aromatic N) is 1. The minimum atomic E-state index is -0.369. The van der Waals surface area contributed by atoms with Gasteiger partial charge in [0.1, 0.15) is 16.8 Å². The lowest BCUT2D eigenvalue weighted by Crippen LogP contribution is -2.31. The van der Waals surface area contributed by atoms with Gasteiger partial charge in [-0.3, -0.25) is 4.79 Å². The first-order chi connectivity index (χ1) is 12.3. The molecule has 1 N–H and O–H groups in total. The molecule has 0 fully saturated rings. The van der Waals surface area contributed by atoms with E-state index in [1.54, 1.807) is 18.2 Å². The molecule has 1 aliphatic heterocycles. The SMILES string of the molecule is CC1(C)Cc2c(sc(NC(=O)COc3ccc(Cl)cc3Cl)c2C#N)CO1. The van der Waals surface area contributed by atoms with Crippen LogP contribution in [0.25, 0.3) is 0 Å². The van der Waals surface area contributed by atoms with Gasteiger partial charge in [0.15, 0.2) is 6.61 Å². The Balaban J connectivity index is 1.70. The van der Waals surface area contributed by atoms with Gasteiger partial charge >= 0.3 is 0 Å². The summed E-state index contributed by atoms with van der Waals surface area (Å²) in [5, 5.41) is 13.6. The number of halogens is 2. The van der Waals surface area contributed by atoms with Crippen LogP contribution in [0.15, 0.2) is 18.2 Å². The predicted octanol–water partition coefficient (Wildman–Crippen LogP) is 4.80. The normalized spacial score (nSPS) is 15.0. The van der Waals surface area contributed by atoms with E-state index in [4.69, 9.17) is 32.7 Å². The first-order valence-corrected chi connectivity index (χ1v) is 9.42. The van der Waals surface area contributed by atoms with Crippen molar-refractivity contribution in [1.82, 2.24) is 0 Å². The summed E-state index contributed by atoms with van der Waals surface area (Å²) in [5.74, 6) is -0.00126. The number of rotatable bonds is 4. The molecule has 0 radical (unpaired) electrons. The number of amides is 1. The Morgan fingerprint density at radius 2 is 2.23 bits per heavy atom.